The van der Waals surface area contributed by atoms with Crippen LogP contribution in [0.5, 0.6) is 0 Å². The van der Waals surface area contributed by atoms with Crippen molar-refractivity contribution in [2.45, 2.75) is 31.4 Å². The van der Waals surface area contributed by atoms with E-state index in [9.17, 15) is 9.50 Å². The van der Waals surface area contributed by atoms with E-state index in [1.807, 2.05) is 4.90 Å². The van der Waals surface area contributed by atoms with Crippen molar-refractivity contribution in [2.24, 2.45) is 5.92 Å². The van der Waals surface area contributed by atoms with E-state index in [-0.39, 0.29) is 23.9 Å². The molecule has 0 amide bonds. The summed E-state index contributed by atoms with van der Waals surface area (Å²) in [5, 5.41) is 10.1. The van der Waals surface area contributed by atoms with Crippen LogP contribution in [-0.2, 0) is 4.74 Å². The first-order valence-electron chi connectivity index (χ1n) is 6.90. The molecule has 0 unspecified atom stereocenters. The fourth-order valence-electron chi connectivity index (χ4n) is 3.21. The minimum Gasteiger partial charge on any atom is -0.393 e. The van der Waals surface area contributed by atoms with Gasteiger partial charge in [-0.1, -0.05) is 0 Å². The van der Waals surface area contributed by atoms with E-state index in [0.29, 0.717) is 25.5 Å². The van der Waals surface area contributed by atoms with Crippen LogP contribution in [0, 0.1) is 11.7 Å². The van der Waals surface area contributed by atoms with Crippen molar-refractivity contribution in [1.29, 1.82) is 0 Å². The number of nitrogens with zero attached hydrogens (tertiary/aromatic N) is 2. The van der Waals surface area contributed by atoms with Crippen molar-refractivity contribution in [3.8, 4) is 0 Å². The Bertz CT molecular complexity index is 443. The molecule has 3 atom stereocenters. The van der Waals surface area contributed by atoms with Crippen LogP contribution in [0.3, 0.4) is 0 Å². The molecule has 3 rings (SSSR count). The van der Waals surface area contributed by atoms with Gasteiger partial charge in [0.05, 0.1) is 12.7 Å². The maximum atomic E-state index is 13.9. The largest absolute Gasteiger partial charge is 0.393 e. The van der Waals surface area contributed by atoms with Gasteiger partial charge in [0.2, 0.25) is 0 Å². The standard InChI is InChI=1S/C14H19FN2O2/c15-11-3-1-6-16-14(11)17-7-2-4-12(17)10-9-19-8-5-13(10)18/h1,3,6,10,12-13,18H,2,4-5,7-9H2/t10-,12+,13-/m1/s1. The summed E-state index contributed by atoms with van der Waals surface area (Å²) in [4.78, 5) is 6.16. The van der Waals surface area contributed by atoms with Gasteiger partial charge in [-0.15, -0.1) is 0 Å². The third-order valence-electron chi connectivity index (χ3n) is 4.17. The summed E-state index contributed by atoms with van der Waals surface area (Å²) in [7, 11) is 0. The molecule has 2 aliphatic heterocycles. The Kier molecular flexibility index (Phi) is 3.66. The smallest absolute Gasteiger partial charge is 0.165 e. The van der Waals surface area contributed by atoms with Crippen molar-refractivity contribution >= 4 is 5.82 Å². The molecule has 0 aliphatic carbocycles. The molecule has 1 N–H and O–H groups in total. The van der Waals surface area contributed by atoms with E-state index in [4.69, 9.17) is 4.74 Å². The second-order valence-corrected chi connectivity index (χ2v) is 5.31. The van der Waals surface area contributed by atoms with Crippen molar-refractivity contribution in [2.75, 3.05) is 24.7 Å². The van der Waals surface area contributed by atoms with Crippen LogP contribution < -0.4 is 4.90 Å². The summed E-state index contributed by atoms with van der Waals surface area (Å²) in [6.07, 6.45) is 3.89. The Hall–Kier alpha value is -1.20. The molecule has 5 heteroatoms. The van der Waals surface area contributed by atoms with Crippen molar-refractivity contribution in [3.05, 3.63) is 24.1 Å². The van der Waals surface area contributed by atoms with E-state index in [0.717, 1.165) is 19.4 Å². The van der Waals surface area contributed by atoms with Crippen LogP contribution in [0.25, 0.3) is 0 Å². The number of hydrogen-bond donors (Lipinski definition) is 1. The summed E-state index contributed by atoms with van der Waals surface area (Å²) < 4.78 is 19.4. The molecule has 0 saturated carbocycles. The van der Waals surface area contributed by atoms with Crippen LogP contribution in [0.2, 0.25) is 0 Å². The summed E-state index contributed by atoms with van der Waals surface area (Å²) in [5.74, 6) is 0.168. The van der Waals surface area contributed by atoms with E-state index in [1.54, 1.807) is 12.3 Å². The zero-order chi connectivity index (χ0) is 13.2. The molecule has 0 bridgehead atoms. The van der Waals surface area contributed by atoms with E-state index in [2.05, 4.69) is 4.98 Å². The molecular weight excluding hydrogens is 247 g/mol. The Labute approximate surface area is 112 Å². The average molecular weight is 266 g/mol. The minimum atomic E-state index is -0.355. The second kappa shape index (κ2) is 5.43. The van der Waals surface area contributed by atoms with Gasteiger partial charge in [-0.25, -0.2) is 9.37 Å². The van der Waals surface area contributed by atoms with Gasteiger partial charge in [0, 0.05) is 31.3 Å². The molecule has 19 heavy (non-hydrogen) atoms. The zero-order valence-corrected chi connectivity index (χ0v) is 10.8. The van der Waals surface area contributed by atoms with Crippen LogP contribution in [0.15, 0.2) is 18.3 Å². The first kappa shape index (κ1) is 12.8. The molecule has 104 valence electrons. The molecule has 0 aromatic carbocycles. The monoisotopic (exact) mass is 266 g/mol. The van der Waals surface area contributed by atoms with Gasteiger partial charge >= 0.3 is 0 Å². The van der Waals surface area contributed by atoms with Crippen molar-refractivity contribution in [1.82, 2.24) is 4.98 Å². The number of rotatable bonds is 2. The number of anilines is 1. The lowest BCUT2D eigenvalue weighted by atomic mass is 9.89. The lowest BCUT2D eigenvalue weighted by Gasteiger charge is -2.37. The van der Waals surface area contributed by atoms with Gasteiger partial charge in [-0.2, -0.15) is 0 Å². The predicted octanol–water partition coefficient (Wildman–Crippen LogP) is 1.59. The molecule has 0 spiro atoms. The first-order valence-corrected chi connectivity index (χ1v) is 6.90. The number of pyridine rings is 1. The SMILES string of the molecule is O[C@@H]1CCOC[C@@H]1[C@@H]1CCCN1c1ncccc1F. The minimum absolute atomic E-state index is 0.0534. The van der Waals surface area contributed by atoms with E-state index < -0.39 is 0 Å². The summed E-state index contributed by atoms with van der Waals surface area (Å²) in [6.45, 7) is 1.96. The van der Waals surface area contributed by atoms with Crippen LogP contribution in [-0.4, -0.2) is 42.0 Å². The van der Waals surface area contributed by atoms with Crippen molar-refractivity contribution in [3.63, 3.8) is 0 Å². The Morgan fingerprint density at radius 2 is 2.32 bits per heavy atom. The van der Waals surface area contributed by atoms with Crippen LogP contribution >= 0.6 is 0 Å². The molecule has 3 heterocycles. The van der Waals surface area contributed by atoms with Gasteiger partial charge < -0.3 is 14.7 Å². The molecular formula is C14H19FN2O2. The molecule has 2 saturated heterocycles. The highest BCUT2D eigenvalue weighted by molar-refractivity contribution is 5.42. The maximum Gasteiger partial charge on any atom is 0.165 e. The molecule has 2 aliphatic rings. The fourth-order valence-corrected chi connectivity index (χ4v) is 3.21. The van der Waals surface area contributed by atoms with Crippen LogP contribution in [0.1, 0.15) is 19.3 Å². The average Bonchev–Trinajstić information content (AvgIpc) is 2.89. The maximum absolute atomic E-state index is 13.9. The van der Waals surface area contributed by atoms with Gasteiger partial charge in [-0.05, 0) is 31.4 Å². The highest BCUT2D eigenvalue weighted by Crippen LogP contribution is 2.33. The molecule has 0 radical (unpaired) electrons. The summed E-state index contributed by atoms with van der Waals surface area (Å²) in [6, 6.07) is 3.16. The van der Waals surface area contributed by atoms with Gasteiger partial charge in [0.15, 0.2) is 11.6 Å². The Morgan fingerprint density at radius 3 is 3.11 bits per heavy atom. The number of aromatic nitrogens is 1. The molecule has 2 fully saturated rings. The molecule has 1 aromatic heterocycles. The number of halogens is 1. The Balaban J connectivity index is 1.83. The summed E-state index contributed by atoms with van der Waals surface area (Å²) >= 11 is 0. The normalized spacial score (nSPS) is 31.7. The van der Waals surface area contributed by atoms with Crippen molar-refractivity contribution < 1.29 is 14.2 Å². The fraction of sp³-hybridized carbons (Fsp3) is 0.643. The van der Waals surface area contributed by atoms with E-state index in [1.165, 1.54) is 6.07 Å². The van der Waals surface area contributed by atoms with Crippen LogP contribution in [0.4, 0.5) is 10.2 Å². The Morgan fingerprint density at radius 1 is 1.42 bits per heavy atom. The lowest BCUT2D eigenvalue weighted by Crippen LogP contribution is -2.46. The number of aliphatic hydroxyl groups is 1. The third-order valence-corrected chi connectivity index (χ3v) is 4.17. The lowest BCUT2D eigenvalue weighted by molar-refractivity contribution is -0.0438. The third kappa shape index (κ3) is 2.44. The van der Waals surface area contributed by atoms with Gasteiger partial charge in [0.25, 0.3) is 0 Å². The number of aliphatic hydroxyl groups excluding tert-OH is 1. The molecule has 4 nitrogen and oxygen atoms in total. The highest BCUT2D eigenvalue weighted by Gasteiger charge is 2.38. The number of hydrogen-bond acceptors (Lipinski definition) is 4. The predicted molar refractivity (Wildman–Crippen MR) is 69.5 cm³/mol. The molecule has 1 aromatic rings. The topological polar surface area (TPSA) is 45.6 Å². The quantitative estimate of drug-likeness (QED) is 0.883. The highest BCUT2D eigenvalue weighted by atomic mass is 19.1. The zero-order valence-electron chi connectivity index (χ0n) is 10.8. The number of ether oxygens (including phenoxy) is 1. The van der Waals surface area contributed by atoms with Gasteiger partial charge in [0.1, 0.15) is 0 Å². The van der Waals surface area contributed by atoms with E-state index >= 15 is 0 Å². The van der Waals surface area contributed by atoms with Gasteiger partial charge in [-0.3, -0.25) is 0 Å². The summed E-state index contributed by atoms with van der Waals surface area (Å²) in [5.41, 5.74) is 0. The second-order valence-electron chi connectivity index (χ2n) is 5.31. The first-order chi connectivity index (χ1) is 9.27.